The van der Waals surface area contributed by atoms with E-state index in [1.54, 1.807) is 37.5 Å². The molecule has 0 saturated heterocycles. The number of fused-ring (bicyclic) bond motifs is 1. The SMILES string of the molecule is COc1cc2occ(-c3ccc(F)cc3)c2cc1/C(C)=C/C(=O)NC(CCCNC(N)=O)C(=O)O. The first kappa shape index (κ1) is 25.3. The van der Waals surface area contributed by atoms with Crippen LogP contribution in [0.3, 0.4) is 0 Å². The van der Waals surface area contributed by atoms with Gasteiger partial charge in [0.25, 0.3) is 0 Å². The van der Waals surface area contributed by atoms with E-state index in [2.05, 4.69) is 10.6 Å². The van der Waals surface area contributed by atoms with Crippen LogP contribution in [0.15, 0.2) is 53.2 Å². The molecule has 0 radical (unpaired) electrons. The second kappa shape index (κ2) is 11.2. The number of benzene rings is 2. The van der Waals surface area contributed by atoms with E-state index < -0.39 is 23.9 Å². The fourth-order valence-corrected chi connectivity index (χ4v) is 3.65. The van der Waals surface area contributed by atoms with Gasteiger partial charge in [-0.15, -0.1) is 0 Å². The first-order valence-corrected chi connectivity index (χ1v) is 10.8. The molecule has 0 bridgehead atoms. The van der Waals surface area contributed by atoms with E-state index in [1.165, 1.54) is 25.3 Å². The van der Waals surface area contributed by atoms with Crippen molar-refractivity contribution >= 4 is 34.4 Å². The third-order valence-corrected chi connectivity index (χ3v) is 5.41. The van der Waals surface area contributed by atoms with Gasteiger partial charge in [0.05, 0.1) is 13.4 Å². The Balaban J connectivity index is 1.84. The van der Waals surface area contributed by atoms with Crippen LogP contribution < -0.4 is 21.1 Å². The predicted molar refractivity (Wildman–Crippen MR) is 128 cm³/mol. The lowest BCUT2D eigenvalue weighted by atomic mass is 9.99. The molecule has 2 aromatic carbocycles. The summed E-state index contributed by atoms with van der Waals surface area (Å²) in [6.45, 7) is 1.90. The Kier molecular flexibility index (Phi) is 8.08. The monoisotopic (exact) mass is 483 g/mol. The molecule has 1 atom stereocenters. The Morgan fingerprint density at radius 1 is 1.23 bits per heavy atom. The van der Waals surface area contributed by atoms with Gasteiger partial charge in [0.1, 0.15) is 23.2 Å². The number of urea groups is 1. The lowest BCUT2D eigenvalue weighted by Gasteiger charge is -2.14. The van der Waals surface area contributed by atoms with E-state index in [-0.39, 0.29) is 18.8 Å². The lowest BCUT2D eigenvalue weighted by Crippen LogP contribution is -2.40. The maximum absolute atomic E-state index is 13.3. The van der Waals surface area contributed by atoms with Crippen molar-refractivity contribution in [1.29, 1.82) is 0 Å². The van der Waals surface area contributed by atoms with Crippen molar-refractivity contribution in [3.8, 4) is 16.9 Å². The predicted octanol–water partition coefficient (Wildman–Crippen LogP) is 3.67. The minimum absolute atomic E-state index is 0.111. The molecule has 9 nitrogen and oxygen atoms in total. The number of furan rings is 1. The summed E-state index contributed by atoms with van der Waals surface area (Å²) in [5.41, 5.74) is 8.19. The van der Waals surface area contributed by atoms with Gasteiger partial charge < -0.3 is 30.6 Å². The topological polar surface area (TPSA) is 144 Å². The van der Waals surface area contributed by atoms with Gasteiger partial charge in [-0.3, -0.25) is 4.79 Å². The molecule has 184 valence electrons. The normalized spacial score (nSPS) is 12.3. The highest BCUT2D eigenvalue weighted by molar-refractivity contribution is 6.01. The number of carboxylic acids is 1. The molecule has 3 rings (SSSR count). The number of amides is 3. The molecule has 0 saturated carbocycles. The van der Waals surface area contributed by atoms with E-state index in [4.69, 9.17) is 14.9 Å². The highest BCUT2D eigenvalue weighted by Gasteiger charge is 2.20. The van der Waals surface area contributed by atoms with Crippen molar-refractivity contribution in [2.24, 2.45) is 5.73 Å². The summed E-state index contributed by atoms with van der Waals surface area (Å²) in [7, 11) is 1.49. The fourth-order valence-electron chi connectivity index (χ4n) is 3.65. The van der Waals surface area contributed by atoms with Crippen LogP contribution in [0, 0.1) is 5.82 Å². The number of hydrogen-bond acceptors (Lipinski definition) is 5. The molecular formula is C25H26FN3O6. The summed E-state index contributed by atoms with van der Waals surface area (Å²) in [5, 5.41) is 15.0. The van der Waals surface area contributed by atoms with Gasteiger partial charge >= 0.3 is 12.0 Å². The van der Waals surface area contributed by atoms with Crippen LogP contribution in [0.2, 0.25) is 0 Å². The average Bonchev–Trinajstić information content (AvgIpc) is 3.23. The molecule has 0 aliphatic carbocycles. The van der Waals surface area contributed by atoms with Crippen molar-refractivity contribution in [1.82, 2.24) is 10.6 Å². The zero-order chi connectivity index (χ0) is 25.5. The third-order valence-electron chi connectivity index (χ3n) is 5.41. The van der Waals surface area contributed by atoms with E-state index >= 15 is 0 Å². The smallest absolute Gasteiger partial charge is 0.326 e. The van der Waals surface area contributed by atoms with Crippen molar-refractivity contribution in [2.45, 2.75) is 25.8 Å². The number of methoxy groups -OCH3 is 1. The summed E-state index contributed by atoms with van der Waals surface area (Å²) in [6.07, 6.45) is 3.29. The van der Waals surface area contributed by atoms with Crippen LogP contribution in [0.5, 0.6) is 5.75 Å². The van der Waals surface area contributed by atoms with Crippen molar-refractivity contribution in [3.63, 3.8) is 0 Å². The number of nitrogens with one attached hydrogen (secondary N) is 2. The quantitative estimate of drug-likeness (QED) is 0.256. The fraction of sp³-hybridized carbons (Fsp3) is 0.240. The van der Waals surface area contributed by atoms with Gasteiger partial charge in [-0.25, -0.2) is 14.0 Å². The van der Waals surface area contributed by atoms with Crippen molar-refractivity contribution in [2.75, 3.05) is 13.7 Å². The van der Waals surface area contributed by atoms with Crippen LogP contribution in [0.4, 0.5) is 9.18 Å². The maximum Gasteiger partial charge on any atom is 0.326 e. The zero-order valence-corrected chi connectivity index (χ0v) is 19.3. The van der Waals surface area contributed by atoms with Crippen LogP contribution in [0.1, 0.15) is 25.3 Å². The Morgan fingerprint density at radius 3 is 2.57 bits per heavy atom. The summed E-state index contributed by atoms with van der Waals surface area (Å²) >= 11 is 0. The number of ether oxygens (including phenoxy) is 1. The first-order chi connectivity index (χ1) is 16.7. The second-order valence-electron chi connectivity index (χ2n) is 7.86. The number of nitrogens with two attached hydrogens (primary N) is 1. The number of carbonyl (C=O) groups excluding carboxylic acids is 2. The molecular weight excluding hydrogens is 457 g/mol. The van der Waals surface area contributed by atoms with Crippen LogP contribution in [0.25, 0.3) is 27.7 Å². The van der Waals surface area contributed by atoms with E-state index in [0.717, 1.165) is 16.5 Å². The van der Waals surface area contributed by atoms with Crippen LogP contribution in [-0.4, -0.2) is 42.7 Å². The van der Waals surface area contributed by atoms with Crippen LogP contribution >= 0.6 is 0 Å². The van der Waals surface area contributed by atoms with Gasteiger partial charge in [0, 0.05) is 35.2 Å². The van der Waals surface area contributed by atoms with Gasteiger partial charge in [-0.05, 0) is 49.1 Å². The van der Waals surface area contributed by atoms with Crippen molar-refractivity contribution < 1.29 is 33.0 Å². The lowest BCUT2D eigenvalue weighted by molar-refractivity contribution is -0.141. The Morgan fingerprint density at radius 2 is 1.94 bits per heavy atom. The summed E-state index contributed by atoms with van der Waals surface area (Å²) < 4.78 is 24.5. The Hall–Kier alpha value is -4.34. The van der Waals surface area contributed by atoms with Gasteiger partial charge in [0.2, 0.25) is 5.91 Å². The molecule has 0 aliphatic rings. The molecule has 10 heteroatoms. The standard InChI is InChI=1S/C25H26FN3O6/c1-14(10-23(30)29-20(24(31)32)4-3-9-28-25(27)33)17-11-18-19(15-5-7-16(26)8-6-15)13-35-22(18)12-21(17)34-2/h5-8,10-13,20H,3-4,9H2,1-2H3,(H,29,30)(H,31,32)(H3,27,28,33)/b14-10+. The molecule has 0 fully saturated rings. The number of aliphatic carboxylic acids is 1. The van der Waals surface area contributed by atoms with Crippen LogP contribution in [-0.2, 0) is 9.59 Å². The van der Waals surface area contributed by atoms with Gasteiger partial charge in [-0.2, -0.15) is 0 Å². The zero-order valence-electron chi connectivity index (χ0n) is 19.3. The number of halogens is 1. The highest BCUT2D eigenvalue weighted by atomic mass is 19.1. The number of carbonyl (C=O) groups is 3. The minimum atomic E-state index is -1.19. The van der Waals surface area contributed by atoms with E-state index in [0.29, 0.717) is 28.9 Å². The molecule has 1 aromatic heterocycles. The Labute approximate surface area is 200 Å². The largest absolute Gasteiger partial charge is 0.496 e. The number of hydrogen-bond donors (Lipinski definition) is 4. The summed E-state index contributed by atoms with van der Waals surface area (Å²) in [5.74, 6) is -1.67. The molecule has 1 unspecified atom stereocenters. The molecule has 0 aliphatic heterocycles. The van der Waals surface area contributed by atoms with Gasteiger partial charge in [0.15, 0.2) is 0 Å². The molecule has 0 spiro atoms. The molecule has 35 heavy (non-hydrogen) atoms. The third kappa shape index (κ3) is 6.38. The number of rotatable bonds is 10. The Bertz CT molecular complexity index is 1270. The molecule has 1 heterocycles. The minimum Gasteiger partial charge on any atom is -0.496 e. The molecule has 3 aromatic rings. The average molecular weight is 483 g/mol. The van der Waals surface area contributed by atoms with Crippen molar-refractivity contribution in [3.05, 3.63) is 60.1 Å². The first-order valence-electron chi connectivity index (χ1n) is 10.8. The molecule has 3 amide bonds. The number of primary amides is 1. The number of carboxylic acid groups (broad SMARTS) is 1. The summed E-state index contributed by atoms with van der Waals surface area (Å²) in [6, 6.07) is 7.66. The van der Waals surface area contributed by atoms with E-state index in [1.807, 2.05) is 0 Å². The summed E-state index contributed by atoms with van der Waals surface area (Å²) in [4.78, 5) is 34.8. The van der Waals surface area contributed by atoms with Gasteiger partial charge in [-0.1, -0.05) is 12.1 Å². The maximum atomic E-state index is 13.3. The highest BCUT2D eigenvalue weighted by Crippen LogP contribution is 2.37. The second-order valence-corrected chi connectivity index (χ2v) is 7.86. The number of allylic oxidation sites excluding steroid dienone is 1. The van der Waals surface area contributed by atoms with E-state index in [9.17, 15) is 23.9 Å². The molecule has 5 N–H and O–H groups in total.